The van der Waals surface area contributed by atoms with Crippen molar-refractivity contribution in [3.8, 4) is 0 Å². The van der Waals surface area contributed by atoms with Crippen LogP contribution in [0.4, 0.5) is 17.3 Å². The highest BCUT2D eigenvalue weighted by Gasteiger charge is 1.97. The lowest BCUT2D eigenvalue weighted by Crippen LogP contribution is -2.06. The van der Waals surface area contributed by atoms with E-state index >= 15 is 0 Å². The van der Waals surface area contributed by atoms with E-state index in [0.29, 0.717) is 18.1 Å². The fourth-order valence-corrected chi connectivity index (χ4v) is 0.826. The lowest BCUT2D eigenvalue weighted by atomic mass is 10.3. The van der Waals surface area contributed by atoms with E-state index in [4.69, 9.17) is 11.5 Å². The van der Waals surface area contributed by atoms with Crippen LogP contribution < -0.4 is 16.8 Å². The molecule has 0 aromatic carbocycles. The molecule has 0 saturated carbocycles. The first-order valence-corrected chi connectivity index (χ1v) is 4.00. The number of nitrogens with two attached hydrogens (primary N) is 2. The minimum absolute atomic E-state index is 0.353. The average Bonchev–Trinajstić information content (AvgIpc) is 2.07. The second-order valence-corrected chi connectivity index (χ2v) is 2.98. The van der Waals surface area contributed by atoms with Crippen molar-refractivity contribution in [2.24, 2.45) is 0 Å². The van der Waals surface area contributed by atoms with E-state index in [1.165, 1.54) is 0 Å². The Bertz CT molecular complexity index is 319. The van der Waals surface area contributed by atoms with Gasteiger partial charge in [-0.3, -0.25) is 0 Å². The number of nitrogens with zero attached hydrogens (tertiary/aromatic N) is 1. The van der Waals surface area contributed by atoms with Gasteiger partial charge in [0.15, 0.2) is 0 Å². The normalized spacial score (nSPS) is 9.62. The average molecular weight is 178 g/mol. The van der Waals surface area contributed by atoms with E-state index in [1.807, 2.05) is 6.92 Å². The minimum atomic E-state index is 0.353. The molecule has 0 atom stereocenters. The third kappa shape index (κ3) is 2.66. The van der Waals surface area contributed by atoms with Crippen molar-refractivity contribution < 1.29 is 0 Å². The Morgan fingerprint density at radius 3 is 2.77 bits per heavy atom. The number of pyridine rings is 1. The first kappa shape index (κ1) is 9.38. The second kappa shape index (κ2) is 3.80. The molecule has 4 heteroatoms. The summed E-state index contributed by atoms with van der Waals surface area (Å²) >= 11 is 0. The van der Waals surface area contributed by atoms with Gasteiger partial charge in [-0.25, -0.2) is 4.98 Å². The minimum Gasteiger partial charge on any atom is -0.396 e. The highest BCUT2D eigenvalue weighted by molar-refractivity contribution is 5.61. The lowest BCUT2D eigenvalue weighted by molar-refractivity contribution is 1.17. The zero-order valence-electron chi connectivity index (χ0n) is 7.67. The number of aromatic nitrogens is 1. The molecule has 0 aliphatic rings. The molecule has 1 aromatic heterocycles. The van der Waals surface area contributed by atoms with Crippen LogP contribution in [0.2, 0.25) is 0 Å². The van der Waals surface area contributed by atoms with Crippen molar-refractivity contribution in [2.75, 3.05) is 23.3 Å². The highest BCUT2D eigenvalue weighted by atomic mass is 15.0. The maximum Gasteiger partial charge on any atom is 0.149 e. The summed E-state index contributed by atoms with van der Waals surface area (Å²) in [7, 11) is 0. The van der Waals surface area contributed by atoms with Crippen molar-refractivity contribution in [3.05, 3.63) is 24.3 Å². The van der Waals surface area contributed by atoms with Crippen LogP contribution in [0.1, 0.15) is 6.92 Å². The number of nitrogen functional groups attached to an aromatic ring is 2. The SMILES string of the molecule is C=C(C)CNc1ccc(N)c(N)n1. The molecule has 0 radical (unpaired) electrons. The third-order valence-electron chi connectivity index (χ3n) is 1.53. The van der Waals surface area contributed by atoms with Crippen molar-refractivity contribution in [2.45, 2.75) is 6.92 Å². The number of nitrogens with one attached hydrogen (secondary N) is 1. The Morgan fingerprint density at radius 2 is 2.23 bits per heavy atom. The summed E-state index contributed by atoms with van der Waals surface area (Å²) in [5.41, 5.74) is 12.6. The number of hydrogen-bond donors (Lipinski definition) is 3. The Hall–Kier alpha value is -1.71. The summed E-state index contributed by atoms with van der Waals surface area (Å²) in [5.74, 6) is 1.07. The van der Waals surface area contributed by atoms with Gasteiger partial charge in [-0.15, -0.1) is 0 Å². The Morgan fingerprint density at radius 1 is 1.54 bits per heavy atom. The monoisotopic (exact) mass is 178 g/mol. The van der Waals surface area contributed by atoms with Crippen molar-refractivity contribution in [1.82, 2.24) is 4.98 Å². The smallest absolute Gasteiger partial charge is 0.149 e. The molecule has 0 aliphatic heterocycles. The zero-order chi connectivity index (χ0) is 9.84. The summed E-state index contributed by atoms with van der Waals surface area (Å²) in [6, 6.07) is 3.51. The number of anilines is 3. The second-order valence-electron chi connectivity index (χ2n) is 2.98. The summed E-state index contributed by atoms with van der Waals surface area (Å²) < 4.78 is 0. The van der Waals surface area contributed by atoms with Crippen LogP contribution in [-0.2, 0) is 0 Å². The van der Waals surface area contributed by atoms with Crippen molar-refractivity contribution in [1.29, 1.82) is 0 Å². The summed E-state index contributed by atoms with van der Waals surface area (Å²) in [6.45, 7) is 6.39. The van der Waals surface area contributed by atoms with Gasteiger partial charge < -0.3 is 16.8 Å². The van der Waals surface area contributed by atoms with E-state index in [9.17, 15) is 0 Å². The van der Waals surface area contributed by atoms with Crippen LogP contribution in [0.3, 0.4) is 0 Å². The Kier molecular flexibility index (Phi) is 2.74. The molecule has 1 rings (SSSR count). The van der Waals surface area contributed by atoms with Gasteiger partial charge in [0.25, 0.3) is 0 Å². The third-order valence-corrected chi connectivity index (χ3v) is 1.53. The molecule has 0 bridgehead atoms. The van der Waals surface area contributed by atoms with Gasteiger partial charge in [0.2, 0.25) is 0 Å². The van der Waals surface area contributed by atoms with Crippen LogP contribution in [0, 0.1) is 0 Å². The molecule has 0 unspecified atom stereocenters. The van der Waals surface area contributed by atoms with E-state index in [2.05, 4.69) is 16.9 Å². The molecule has 0 saturated heterocycles. The topological polar surface area (TPSA) is 77.0 Å². The van der Waals surface area contributed by atoms with Crippen molar-refractivity contribution in [3.63, 3.8) is 0 Å². The molecule has 0 spiro atoms. The molecule has 0 aliphatic carbocycles. The molecular formula is C9H14N4. The first-order valence-electron chi connectivity index (χ1n) is 4.00. The predicted molar refractivity (Wildman–Crippen MR) is 56.4 cm³/mol. The van der Waals surface area contributed by atoms with Gasteiger partial charge in [-0.1, -0.05) is 12.2 Å². The van der Waals surface area contributed by atoms with E-state index in [0.717, 1.165) is 11.4 Å². The Balaban J connectivity index is 2.68. The maximum atomic E-state index is 5.53. The van der Waals surface area contributed by atoms with Crippen LogP contribution in [-0.4, -0.2) is 11.5 Å². The van der Waals surface area contributed by atoms with E-state index in [1.54, 1.807) is 12.1 Å². The van der Waals surface area contributed by atoms with Gasteiger partial charge in [0, 0.05) is 6.54 Å². The molecule has 70 valence electrons. The fourth-order valence-electron chi connectivity index (χ4n) is 0.826. The summed E-state index contributed by atoms with van der Waals surface area (Å²) in [5, 5.41) is 3.07. The molecule has 4 nitrogen and oxygen atoms in total. The number of hydrogen-bond acceptors (Lipinski definition) is 4. The highest BCUT2D eigenvalue weighted by Crippen LogP contribution is 2.14. The van der Waals surface area contributed by atoms with E-state index in [-0.39, 0.29) is 0 Å². The van der Waals surface area contributed by atoms with Gasteiger partial charge >= 0.3 is 0 Å². The standard InChI is InChI=1S/C9H14N4/c1-6(2)5-12-8-4-3-7(10)9(11)13-8/h3-4H,1,5,10H2,2H3,(H3,11,12,13). The first-order chi connectivity index (χ1) is 6.09. The van der Waals surface area contributed by atoms with Crippen LogP contribution >= 0.6 is 0 Å². The summed E-state index contributed by atoms with van der Waals surface area (Å²) in [6.07, 6.45) is 0. The van der Waals surface area contributed by atoms with Crippen LogP contribution in [0.5, 0.6) is 0 Å². The quantitative estimate of drug-likeness (QED) is 0.608. The van der Waals surface area contributed by atoms with Gasteiger partial charge in [-0.05, 0) is 19.1 Å². The fraction of sp³-hybridized carbons (Fsp3) is 0.222. The molecule has 1 heterocycles. The largest absolute Gasteiger partial charge is 0.396 e. The predicted octanol–water partition coefficient (Wildman–Crippen LogP) is 1.23. The number of rotatable bonds is 3. The maximum absolute atomic E-state index is 5.53. The molecule has 5 N–H and O–H groups in total. The summed E-state index contributed by atoms with van der Waals surface area (Å²) in [4.78, 5) is 4.05. The molecule has 13 heavy (non-hydrogen) atoms. The molecule has 0 fully saturated rings. The van der Waals surface area contributed by atoms with Crippen molar-refractivity contribution >= 4 is 17.3 Å². The van der Waals surface area contributed by atoms with E-state index < -0.39 is 0 Å². The molecular weight excluding hydrogens is 164 g/mol. The van der Waals surface area contributed by atoms with Crippen LogP contribution in [0.15, 0.2) is 24.3 Å². The Labute approximate surface area is 77.7 Å². The van der Waals surface area contributed by atoms with Crippen LogP contribution in [0.25, 0.3) is 0 Å². The molecule has 0 amide bonds. The van der Waals surface area contributed by atoms with Gasteiger partial charge in [0.05, 0.1) is 5.69 Å². The zero-order valence-corrected chi connectivity index (χ0v) is 7.67. The van der Waals surface area contributed by atoms with Gasteiger partial charge in [0.1, 0.15) is 11.6 Å². The lowest BCUT2D eigenvalue weighted by Gasteiger charge is -2.06. The van der Waals surface area contributed by atoms with Gasteiger partial charge in [-0.2, -0.15) is 0 Å². The molecule has 1 aromatic rings.